The Bertz CT molecular complexity index is 667. The van der Waals surface area contributed by atoms with Crippen molar-refractivity contribution in [1.29, 1.82) is 0 Å². The molecule has 1 aromatic heterocycles. The maximum absolute atomic E-state index is 12.4. The number of nitrogens with one attached hydrogen (secondary N) is 1. The number of carboxylic acid groups (broad SMARTS) is 1. The summed E-state index contributed by atoms with van der Waals surface area (Å²) in [5.74, 6) is -1.08. The summed E-state index contributed by atoms with van der Waals surface area (Å²) in [5, 5.41) is 16.0. The zero-order valence-corrected chi connectivity index (χ0v) is 13.8. The van der Waals surface area contributed by atoms with Crippen LogP contribution in [0.1, 0.15) is 42.1 Å². The molecule has 0 aliphatic rings. The zero-order valence-electron chi connectivity index (χ0n) is 13.8. The van der Waals surface area contributed by atoms with Crippen molar-refractivity contribution in [2.45, 2.75) is 45.2 Å². The van der Waals surface area contributed by atoms with Crippen molar-refractivity contribution in [2.24, 2.45) is 0 Å². The van der Waals surface area contributed by atoms with Gasteiger partial charge < -0.3 is 10.4 Å². The lowest BCUT2D eigenvalue weighted by atomic mass is 10.0. The van der Waals surface area contributed by atoms with Gasteiger partial charge in [0.05, 0.1) is 11.8 Å². The lowest BCUT2D eigenvalue weighted by Crippen LogP contribution is -2.36. The van der Waals surface area contributed by atoms with Crippen LogP contribution in [0.5, 0.6) is 0 Å². The van der Waals surface area contributed by atoms with E-state index in [0.29, 0.717) is 18.4 Å². The van der Waals surface area contributed by atoms with E-state index in [1.807, 2.05) is 37.3 Å². The van der Waals surface area contributed by atoms with Gasteiger partial charge in [0.1, 0.15) is 0 Å². The van der Waals surface area contributed by atoms with E-state index in [4.69, 9.17) is 5.11 Å². The Morgan fingerprint density at radius 2 is 2.04 bits per heavy atom. The number of aromatic nitrogens is 2. The van der Waals surface area contributed by atoms with E-state index < -0.39 is 5.97 Å². The number of nitrogens with zero attached hydrogens (tertiary/aromatic N) is 2. The van der Waals surface area contributed by atoms with Crippen LogP contribution in [0.3, 0.4) is 0 Å². The predicted octanol–water partition coefficient (Wildman–Crippen LogP) is 2.50. The molecule has 0 bridgehead atoms. The monoisotopic (exact) mass is 329 g/mol. The lowest BCUT2D eigenvalue weighted by molar-refractivity contribution is -0.137. The third-order valence-electron chi connectivity index (χ3n) is 3.71. The summed E-state index contributed by atoms with van der Waals surface area (Å²) in [4.78, 5) is 23.3. The molecule has 6 heteroatoms. The van der Waals surface area contributed by atoms with Crippen LogP contribution in [-0.2, 0) is 17.8 Å². The van der Waals surface area contributed by atoms with Crippen molar-refractivity contribution in [3.63, 3.8) is 0 Å². The van der Waals surface area contributed by atoms with E-state index >= 15 is 0 Å². The van der Waals surface area contributed by atoms with Crippen molar-refractivity contribution in [3.8, 4) is 0 Å². The summed E-state index contributed by atoms with van der Waals surface area (Å²) in [5.41, 5.74) is 1.56. The molecule has 0 saturated heterocycles. The van der Waals surface area contributed by atoms with E-state index in [1.165, 1.54) is 0 Å². The number of hydrogen-bond acceptors (Lipinski definition) is 3. The van der Waals surface area contributed by atoms with E-state index in [2.05, 4.69) is 10.4 Å². The number of hydrogen-bond donors (Lipinski definition) is 2. The Kier molecular flexibility index (Phi) is 6.54. The van der Waals surface area contributed by atoms with Gasteiger partial charge in [-0.05, 0) is 24.8 Å². The molecule has 2 N–H and O–H groups in total. The van der Waals surface area contributed by atoms with Crippen LogP contribution in [0.2, 0.25) is 0 Å². The van der Waals surface area contributed by atoms with Crippen LogP contribution in [-0.4, -0.2) is 32.8 Å². The second kappa shape index (κ2) is 8.86. The number of carbonyl (C=O) groups excluding carboxylic acids is 1. The molecule has 1 atom stereocenters. The number of amides is 1. The largest absolute Gasteiger partial charge is 0.481 e. The number of aryl methyl sites for hydroxylation is 1. The quantitative estimate of drug-likeness (QED) is 0.740. The Morgan fingerprint density at radius 1 is 1.29 bits per heavy atom. The van der Waals surface area contributed by atoms with Gasteiger partial charge in [0.15, 0.2) is 0 Å². The number of benzene rings is 1. The topological polar surface area (TPSA) is 84.2 Å². The molecular weight excluding hydrogens is 306 g/mol. The number of rotatable bonds is 9. The van der Waals surface area contributed by atoms with Gasteiger partial charge >= 0.3 is 5.97 Å². The third kappa shape index (κ3) is 5.53. The molecule has 2 rings (SSSR count). The molecule has 0 aliphatic carbocycles. The lowest BCUT2D eigenvalue weighted by Gasteiger charge is -2.18. The van der Waals surface area contributed by atoms with Gasteiger partial charge in [0.2, 0.25) is 0 Å². The number of carbonyl (C=O) groups is 2. The highest BCUT2D eigenvalue weighted by Gasteiger charge is 2.17. The van der Waals surface area contributed by atoms with Gasteiger partial charge in [-0.2, -0.15) is 5.10 Å². The van der Waals surface area contributed by atoms with Gasteiger partial charge in [-0.1, -0.05) is 37.3 Å². The minimum Gasteiger partial charge on any atom is -0.481 e. The highest BCUT2D eigenvalue weighted by Crippen LogP contribution is 2.09. The molecule has 6 nitrogen and oxygen atoms in total. The number of aliphatic carboxylic acids is 1. The summed E-state index contributed by atoms with van der Waals surface area (Å²) in [6, 6.07) is 9.50. The highest BCUT2D eigenvalue weighted by atomic mass is 16.4. The first-order valence-corrected chi connectivity index (χ1v) is 8.17. The summed E-state index contributed by atoms with van der Waals surface area (Å²) >= 11 is 0. The molecule has 1 unspecified atom stereocenters. The average Bonchev–Trinajstić information content (AvgIpc) is 3.03. The molecule has 1 heterocycles. The standard InChI is InChI=1S/C18H23N3O3/c1-2-10-21-13-15(12-19-21)18(24)20-16(8-9-17(22)23)11-14-6-4-3-5-7-14/h3-7,12-13,16H,2,8-11H2,1H3,(H,20,24)(H,22,23). The fourth-order valence-corrected chi connectivity index (χ4v) is 2.52. The van der Waals surface area contributed by atoms with Crippen molar-refractivity contribution in [1.82, 2.24) is 15.1 Å². The zero-order chi connectivity index (χ0) is 17.4. The molecule has 0 radical (unpaired) electrons. The molecule has 2 aromatic rings. The van der Waals surface area contributed by atoms with Gasteiger partial charge in [0, 0.05) is 25.2 Å². The Morgan fingerprint density at radius 3 is 2.71 bits per heavy atom. The molecule has 0 fully saturated rings. The van der Waals surface area contributed by atoms with Crippen LogP contribution in [0.25, 0.3) is 0 Å². The van der Waals surface area contributed by atoms with Gasteiger partial charge in [-0.15, -0.1) is 0 Å². The summed E-state index contributed by atoms with van der Waals surface area (Å²) in [6.45, 7) is 2.81. The Labute approximate surface area is 141 Å². The predicted molar refractivity (Wildman–Crippen MR) is 90.8 cm³/mol. The molecule has 24 heavy (non-hydrogen) atoms. The normalized spacial score (nSPS) is 11.9. The van der Waals surface area contributed by atoms with Crippen LogP contribution in [0, 0.1) is 0 Å². The van der Waals surface area contributed by atoms with E-state index in [1.54, 1.807) is 17.1 Å². The molecule has 0 saturated carbocycles. The maximum atomic E-state index is 12.4. The van der Waals surface area contributed by atoms with Crippen molar-refractivity contribution < 1.29 is 14.7 Å². The van der Waals surface area contributed by atoms with Crippen LogP contribution >= 0.6 is 0 Å². The molecule has 0 aliphatic heterocycles. The summed E-state index contributed by atoms with van der Waals surface area (Å²) < 4.78 is 1.73. The highest BCUT2D eigenvalue weighted by molar-refractivity contribution is 5.93. The van der Waals surface area contributed by atoms with Gasteiger partial charge in [-0.3, -0.25) is 14.3 Å². The smallest absolute Gasteiger partial charge is 0.303 e. The fourth-order valence-electron chi connectivity index (χ4n) is 2.52. The molecule has 128 valence electrons. The van der Waals surface area contributed by atoms with Crippen molar-refractivity contribution in [2.75, 3.05) is 0 Å². The van der Waals surface area contributed by atoms with Gasteiger partial charge in [-0.25, -0.2) is 0 Å². The fraction of sp³-hybridized carbons (Fsp3) is 0.389. The second-order valence-corrected chi connectivity index (χ2v) is 5.78. The second-order valence-electron chi connectivity index (χ2n) is 5.78. The third-order valence-corrected chi connectivity index (χ3v) is 3.71. The molecule has 1 amide bonds. The van der Waals surface area contributed by atoms with E-state index in [-0.39, 0.29) is 18.4 Å². The van der Waals surface area contributed by atoms with Crippen LogP contribution in [0.15, 0.2) is 42.7 Å². The van der Waals surface area contributed by atoms with Crippen LogP contribution < -0.4 is 5.32 Å². The van der Waals surface area contributed by atoms with E-state index in [9.17, 15) is 9.59 Å². The first-order chi connectivity index (χ1) is 11.6. The SMILES string of the molecule is CCCn1cc(C(=O)NC(CCC(=O)O)Cc2ccccc2)cn1. The maximum Gasteiger partial charge on any atom is 0.303 e. The van der Waals surface area contributed by atoms with Gasteiger partial charge in [0.25, 0.3) is 5.91 Å². The summed E-state index contributed by atoms with van der Waals surface area (Å²) in [6.07, 6.45) is 5.21. The Hall–Kier alpha value is -2.63. The molecule has 1 aromatic carbocycles. The minimum absolute atomic E-state index is 0.0207. The first kappa shape index (κ1) is 17.7. The van der Waals surface area contributed by atoms with Crippen LogP contribution in [0.4, 0.5) is 0 Å². The van der Waals surface area contributed by atoms with E-state index in [0.717, 1.165) is 18.5 Å². The van der Waals surface area contributed by atoms with Crippen molar-refractivity contribution >= 4 is 11.9 Å². The first-order valence-electron chi connectivity index (χ1n) is 8.17. The summed E-state index contributed by atoms with van der Waals surface area (Å²) in [7, 11) is 0. The Balaban J connectivity index is 2.02. The minimum atomic E-state index is -0.863. The molecule has 0 spiro atoms. The van der Waals surface area contributed by atoms with Crippen molar-refractivity contribution in [3.05, 3.63) is 53.9 Å². The molecular formula is C18H23N3O3. The number of carboxylic acids is 1. The average molecular weight is 329 g/mol.